The van der Waals surface area contributed by atoms with Gasteiger partial charge in [0, 0.05) is 12.1 Å². The van der Waals surface area contributed by atoms with E-state index in [1.807, 2.05) is 0 Å². The zero-order valence-electron chi connectivity index (χ0n) is 15.1. The van der Waals surface area contributed by atoms with Crippen molar-refractivity contribution >= 4 is 8.38 Å². The molecule has 0 heterocycles. The third-order valence-electron chi connectivity index (χ3n) is 4.77. The van der Waals surface area contributed by atoms with Gasteiger partial charge in [-0.15, -0.1) is 0 Å². The number of hydrogen-bond acceptors (Lipinski definition) is 2. The molecule has 3 aromatic rings. The van der Waals surface area contributed by atoms with Crippen LogP contribution in [0.3, 0.4) is 0 Å². The molecule has 1 N–H and O–H groups in total. The first-order valence-electron chi connectivity index (χ1n) is 8.95. The molecule has 0 radical (unpaired) electrons. The van der Waals surface area contributed by atoms with Gasteiger partial charge < -0.3 is 9.42 Å². The number of rotatable bonds is 8. The van der Waals surface area contributed by atoms with Crippen LogP contribution in [-0.2, 0) is 9.94 Å². The molecule has 0 aromatic heterocycles. The summed E-state index contributed by atoms with van der Waals surface area (Å²) in [6.45, 7) is 2.28. The molecule has 0 spiro atoms. The molecule has 0 aliphatic rings. The normalized spacial score (nSPS) is 12.7. The Morgan fingerprint density at radius 2 is 1.12 bits per heavy atom. The molecule has 0 saturated carbocycles. The van der Waals surface area contributed by atoms with Crippen LogP contribution in [0.5, 0.6) is 0 Å². The maximum Gasteiger partial charge on any atom is 0.164 e. The molecule has 1 unspecified atom stereocenters. The van der Waals surface area contributed by atoms with Crippen molar-refractivity contribution in [1.29, 1.82) is 0 Å². The SMILES string of the molecule is CP(O)OCCCC(c1ccccc1)(c1ccccc1)c1ccccc1. The predicted molar refractivity (Wildman–Crippen MR) is 109 cm³/mol. The Balaban J connectivity index is 2.09. The minimum atomic E-state index is -1.31. The third-order valence-corrected chi connectivity index (χ3v) is 5.33. The standard InChI is InChI=1S/C23H25O2P/c1-26(24)25-19-11-18-23(20-12-5-2-6-13-20,21-14-7-3-8-15-21)22-16-9-4-10-17-22/h2-10,12-17,24H,11,18-19H2,1H3. The van der Waals surface area contributed by atoms with Gasteiger partial charge in [-0.2, -0.15) is 0 Å². The minimum Gasteiger partial charge on any atom is -0.350 e. The van der Waals surface area contributed by atoms with E-state index >= 15 is 0 Å². The Morgan fingerprint density at radius 1 is 0.731 bits per heavy atom. The van der Waals surface area contributed by atoms with Crippen LogP contribution < -0.4 is 0 Å². The van der Waals surface area contributed by atoms with Crippen LogP contribution in [0.1, 0.15) is 29.5 Å². The maximum absolute atomic E-state index is 9.48. The summed E-state index contributed by atoms with van der Waals surface area (Å²) in [4.78, 5) is 9.48. The van der Waals surface area contributed by atoms with Crippen molar-refractivity contribution in [2.75, 3.05) is 13.3 Å². The van der Waals surface area contributed by atoms with E-state index in [9.17, 15) is 4.89 Å². The van der Waals surface area contributed by atoms with Gasteiger partial charge >= 0.3 is 0 Å². The van der Waals surface area contributed by atoms with Gasteiger partial charge in [-0.1, -0.05) is 91.0 Å². The zero-order chi connectivity index (χ0) is 18.2. The van der Waals surface area contributed by atoms with E-state index < -0.39 is 8.38 Å². The predicted octanol–water partition coefficient (Wildman–Crippen LogP) is 5.75. The highest BCUT2D eigenvalue weighted by Crippen LogP contribution is 2.43. The van der Waals surface area contributed by atoms with Crippen LogP contribution in [0.25, 0.3) is 0 Å². The summed E-state index contributed by atoms with van der Waals surface area (Å²) in [5, 5.41) is 0. The van der Waals surface area contributed by atoms with Gasteiger partial charge in [0.2, 0.25) is 0 Å². The smallest absolute Gasteiger partial charge is 0.164 e. The van der Waals surface area contributed by atoms with Gasteiger partial charge in [0.15, 0.2) is 8.38 Å². The minimum absolute atomic E-state index is 0.237. The lowest BCUT2D eigenvalue weighted by atomic mass is 9.67. The lowest BCUT2D eigenvalue weighted by molar-refractivity contribution is 0.294. The summed E-state index contributed by atoms with van der Waals surface area (Å²) in [6.07, 6.45) is 1.78. The molecule has 3 rings (SSSR count). The van der Waals surface area contributed by atoms with Crippen molar-refractivity contribution in [2.24, 2.45) is 0 Å². The molecule has 0 saturated heterocycles. The van der Waals surface area contributed by atoms with Crippen molar-refractivity contribution in [3.63, 3.8) is 0 Å². The highest BCUT2D eigenvalue weighted by molar-refractivity contribution is 7.45. The van der Waals surface area contributed by atoms with Gasteiger partial charge in [-0.25, -0.2) is 0 Å². The molecule has 0 fully saturated rings. The summed E-state index contributed by atoms with van der Waals surface area (Å²) < 4.78 is 5.47. The van der Waals surface area contributed by atoms with E-state index in [1.54, 1.807) is 6.66 Å². The molecule has 3 aromatic carbocycles. The summed E-state index contributed by atoms with van der Waals surface area (Å²) in [5.41, 5.74) is 3.60. The lowest BCUT2D eigenvalue weighted by Crippen LogP contribution is -2.29. The van der Waals surface area contributed by atoms with E-state index in [4.69, 9.17) is 4.52 Å². The van der Waals surface area contributed by atoms with E-state index in [2.05, 4.69) is 91.0 Å². The second-order valence-electron chi connectivity index (χ2n) is 6.40. The van der Waals surface area contributed by atoms with Crippen molar-refractivity contribution < 1.29 is 9.42 Å². The van der Waals surface area contributed by atoms with Crippen LogP contribution in [-0.4, -0.2) is 18.2 Å². The fraction of sp³-hybridized carbons (Fsp3) is 0.217. The second-order valence-corrected chi connectivity index (χ2v) is 7.59. The van der Waals surface area contributed by atoms with Crippen LogP contribution >= 0.6 is 8.38 Å². The van der Waals surface area contributed by atoms with Crippen molar-refractivity contribution in [3.8, 4) is 0 Å². The topological polar surface area (TPSA) is 29.5 Å². The first-order valence-corrected chi connectivity index (χ1v) is 10.6. The molecule has 0 amide bonds. The van der Waals surface area contributed by atoms with Crippen LogP contribution in [0.15, 0.2) is 91.0 Å². The Hall–Kier alpha value is -1.99. The zero-order valence-corrected chi connectivity index (χ0v) is 16.0. The van der Waals surface area contributed by atoms with Crippen molar-refractivity contribution in [3.05, 3.63) is 108 Å². The molecule has 2 nitrogen and oxygen atoms in total. The van der Waals surface area contributed by atoms with Gasteiger partial charge in [-0.05, 0) is 29.5 Å². The van der Waals surface area contributed by atoms with E-state index in [1.165, 1.54) is 16.7 Å². The van der Waals surface area contributed by atoms with Crippen molar-refractivity contribution in [1.82, 2.24) is 0 Å². The van der Waals surface area contributed by atoms with Crippen LogP contribution in [0.2, 0.25) is 0 Å². The molecule has 0 aliphatic heterocycles. The number of benzene rings is 3. The second kappa shape index (κ2) is 9.09. The van der Waals surface area contributed by atoms with Crippen molar-refractivity contribution in [2.45, 2.75) is 18.3 Å². The Labute approximate surface area is 157 Å². The Bertz CT molecular complexity index is 676. The van der Waals surface area contributed by atoms with Gasteiger partial charge in [0.05, 0.1) is 6.61 Å². The average molecular weight is 364 g/mol. The highest BCUT2D eigenvalue weighted by Gasteiger charge is 2.35. The fourth-order valence-electron chi connectivity index (χ4n) is 3.64. The summed E-state index contributed by atoms with van der Waals surface area (Å²) in [6, 6.07) is 32.0. The lowest BCUT2D eigenvalue weighted by Gasteiger charge is -2.36. The molecule has 0 bridgehead atoms. The molecule has 26 heavy (non-hydrogen) atoms. The first-order chi connectivity index (χ1) is 12.7. The maximum atomic E-state index is 9.48. The molecular formula is C23H25O2P. The third kappa shape index (κ3) is 4.22. The molecule has 134 valence electrons. The average Bonchev–Trinajstić information content (AvgIpc) is 2.70. The van der Waals surface area contributed by atoms with Crippen LogP contribution in [0.4, 0.5) is 0 Å². The molecule has 0 aliphatic carbocycles. The molecule has 1 atom stereocenters. The summed E-state index contributed by atoms with van der Waals surface area (Å²) in [7, 11) is -1.31. The quantitative estimate of drug-likeness (QED) is 0.313. The Kier molecular flexibility index (Phi) is 6.57. The van der Waals surface area contributed by atoms with Gasteiger partial charge in [0.1, 0.15) is 0 Å². The monoisotopic (exact) mass is 364 g/mol. The highest BCUT2D eigenvalue weighted by atomic mass is 31.2. The van der Waals surface area contributed by atoms with E-state index in [0.717, 1.165) is 12.8 Å². The van der Waals surface area contributed by atoms with E-state index in [0.29, 0.717) is 6.61 Å². The molecule has 3 heteroatoms. The fourth-order valence-corrected chi connectivity index (χ4v) is 4.03. The van der Waals surface area contributed by atoms with Crippen LogP contribution in [0, 0.1) is 0 Å². The van der Waals surface area contributed by atoms with Gasteiger partial charge in [0.25, 0.3) is 0 Å². The largest absolute Gasteiger partial charge is 0.350 e. The first kappa shape index (κ1) is 18.8. The number of hydrogen-bond donors (Lipinski definition) is 1. The van der Waals surface area contributed by atoms with E-state index in [-0.39, 0.29) is 5.41 Å². The Morgan fingerprint density at radius 3 is 1.46 bits per heavy atom. The summed E-state index contributed by atoms with van der Waals surface area (Å²) >= 11 is 0. The van der Waals surface area contributed by atoms with Gasteiger partial charge in [-0.3, -0.25) is 0 Å². The molecular weight excluding hydrogens is 339 g/mol. The summed E-state index contributed by atoms with van der Waals surface area (Å²) in [5.74, 6) is 0.